The lowest BCUT2D eigenvalue weighted by atomic mass is 10.2. The van der Waals surface area contributed by atoms with Crippen molar-refractivity contribution >= 4 is 22.6 Å². The minimum absolute atomic E-state index is 0.337. The van der Waals surface area contributed by atoms with Crippen molar-refractivity contribution in [1.29, 1.82) is 0 Å². The Bertz CT molecular complexity index is 435. The molecule has 1 aromatic carbocycles. The van der Waals surface area contributed by atoms with E-state index in [0.717, 1.165) is 35.9 Å². The van der Waals surface area contributed by atoms with E-state index in [2.05, 4.69) is 17.2 Å². The Kier molecular flexibility index (Phi) is 3.99. The fraction of sp³-hybridized carbons (Fsp3) is 0.417. The van der Waals surface area contributed by atoms with Crippen LogP contribution in [0.3, 0.4) is 0 Å². The number of hydrogen-bond donors (Lipinski definition) is 1. The van der Waals surface area contributed by atoms with Crippen molar-refractivity contribution in [3.8, 4) is 0 Å². The van der Waals surface area contributed by atoms with Gasteiger partial charge in [0.15, 0.2) is 16.8 Å². The Morgan fingerprint density at radius 2 is 2.24 bits per heavy atom. The lowest BCUT2D eigenvalue weighted by Gasteiger charge is -2.19. The second-order valence-corrected chi connectivity index (χ2v) is 4.97. The Morgan fingerprint density at radius 3 is 2.94 bits per heavy atom. The third kappa shape index (κ3) is 3.19. The van der Waals surface area contributed by atoms with Crippen LogP contribution in [0.1, 0.15) is 19.8 Å². The highest BCUT2D eigenvalue weighted by Crippen LogP contribution is 2.22. The van der Waals surface area contributed by atoms with E-state index in [-0.39, 0.29) is 0 Å². The van der Waals surface area contributed by atoms with Crippen molar-refractivity contribution < 1.29 is 8.78 Å². The van der Waals surface area contributed by atoms with Gasteiger partial charge >= 0.3 is 0 Å². The average Bonchev–Trinajstić information content (AvgIpc) is 2.34. The first-order valence-corrected chi connectivity index (χ1v) is 6.60. The summed E-state index contributed by atoms with van der Waals surface area (Å²) in [4.78, 5) is 4.50. The summed E-state index contributed by atoms with van der Waals surface area (Å²) >= 11 is 1.61. The van der Waals surface area contributed by atoms with E-state index in [0.29, 0.717) is 11.7 Å². The molecule has 1 aliphatic heterocycles. The zero-order valence-electron chi connectivity index (χ0n) is 9.54. The molecular formula is C12H14F2N2S. The summed E-state index contributed by atoms with van der Waals surface area (Å²) in [6, 6.07) is 4.11. The van der Waals surface area contributed by atoms with E-state index >= 15 is 0 Å². The van der Waals surface area contributed by atoms with Crippen LogP contribution in [0.2, 0.25) is 0 Å². The zero-order valence-corrected chi connectivity index (χ0v) is 10.4. The number of aliphatic imine (C=N–C) groups is 1. The summed E-state index contributed by atoms with van der Waals surface area (Å²) in [6.45, 7) is 2.10. The molecule has 92 valence electrons. The number of hydrogen-bond acceptors (Lipinski definition) is 3. The number of rotatable bonds is 2. The molecule has 2 nitrogen and oxygen atoms in total. The molecule has 1 N–H and O–H groups in total. The second kappa shape index (κ2) is 5.49. The second-order valence-electron chi connectivity index (χ2n) is 3.89. The Hall–Kier alpha value is -1.10. The first kappa shape index (κ1) is 12.4. The topological polar surface area (TPSA) is 24.4 Å². The molecule has 0 aliphatic carbocycles. The van der Waals surface area contributed by atoms with Crippen LogP contribution in [0.4, 0.5) is 14.5 Å². The standard InChI is InChI=1S/C12H14F2N2S/c1-2-8-5-6-17-12(15-8)16-9-3-4-10(13)11(14)7-9/h3-4,7-8H,2,5-6H2,1H3,(H,15,16). The number of thioether (sulfide) groups is 1. The molecule has 0 bridgehead atoms. The monoisotopic (exact) mass is 256 g/mol. The predicted octanol–water partition coefficient (Wildman–Crippen LogP) is 3.65. The highest BCUT2D eigenvalue weighted by Gasteiger charge is 2.14. The summed E-state index contributed by atoms with van der Waals surface area (Å²) in [7, 11) is 0. The first-order valence-electron chi connectivity index (χ1n) is 5.61. The summed E-state index contributed by atoms with van der Waals surface area (Å²) in [5.41, 5.74) is 0.534. The third-order valence-corrected chi connectivity index (χ3v) is 3.55. The molecule has 5 heteroatoms. The van der Waals surface area contributed by atoms with Gasteiger partial charge in [-0.05, 0) is 25.0 Å². The summed E-state index contributed by atoms with van der Waals surface area (Å²) in [5.74, 6) is -0.669. The van der Waals surface area contributed by atoms with Gasteiger partial charge in [0.25, 0.3) is 0 Å². The van der Waals surface area contributed by atoms with Crippen molar-refractivity contribution in [3.05, 3.63) is 29.8 Å². The molecule has 0 saturated heterocycles. The molecule has 1 atom stereocenters. The van der Waals surface area contributed by atoms with Crippen LogP contribution in [-0.2, 0) is 0 Å². The lowest BCUT2D eigenvalue weighted by molar-refractivity contribution is 0.509. The summed E-state index contributed by atoms with van der Waals surface area (Å²) < 4.78 is 25.8. The SMILES string of the molecule is CCC1CCSC(Nc2ccc(F)c(F)c2)=N1. The predicted molar refractivity (Wildman–Crippen MR) is 68.6 cm³/mol. The lowest BCUT2D eigenvalue weighted by Crippen LogP contribution is -2.19. The van der Waals surface area contributed by atoms with Gasteiger partial charge in [0.2, 0.25) is 0 Å². The fourth-order valence-corrected chi connectivity index (χ4v) is 2.62. The minimum atomic E-state index is -0.844. The average molecular weight is 256 g/mol. The molecule has 0 aromatic heterocycles. The molecule has 0 fully saturated rings. The van der Waals surface area contributed by atoms with Gasteiger partial charge in [-0.25, -0.2) is 8.78 Å². The molecule has 1 unspecified atom stereocenters. The Morgan fingerprint density at radius 1 is 1.41 bits per heavy atom. The maximum atomic E-state index is 13.0. The fourth-order valence-electron chi connectivity index (χ4n) is 1.62. The van der Waals surface area contributed by atoms with Crippen LogP contribution < -0.4 is 5.32 Å². The van der Waals surface area contributed by atoms with Crippen LogP contribution >= 0.6 is 11.8 Å². The van der Waals surface area contributed by atoms with E-state index in [9.17, 15) is 8.78 Å². The molecule has 0 radical (unpaired) electrons. The highest BCUT2D eigenvalue weighted by atomic mass is 32.2. The van der Waals surface area contributed by atoms with Crippen molar-refractivity contribution in [3.63, 3.8) is 0 Å². The molecule has 1 heterocycles. The smallest absolute Gasteiger partial charge is 0.161 e. The largest absolute Gasteiger partial charge is 0.335 e. The molecule has 0 amide bonds. The molecule has 1 aromatic rings. The minimum Gasteiger partial charge on any atom is -0.335 e. The molecule has 0 saturated carbocycles. The first-order chi connectivity index (χ1) is 8.19. The number of nitrogens with zero attached hydrogens (tertiary/aromatic N) is 1. The van der Waals surface area contributed by atoms with Gasteiger partial charge in [-0.3, -0.25) is 4.99 Å². The molecule has 0 spiro atoms. The number of benzene rings is 1. The van der Waals surface area contributed by atoms with E-state index in [1.54, 1.807) is 11.8 Å². The van der Waals surface area contributed by atoms with E-state index < -0.39 is 11.6 Å². The maximum absolute atomic E-state index is 13.0. The molecular weight excluding hydrogens is 242 g/mol. The Balaban J connectivity index is 2.09. The van der Waals surface area contributed by atoms with Crippen molar-refractivity contribution in [1.82, 2.24) is 0 Å². The van der Waals surface area contributed by atoms with Crippen LogP contribution in [0, 0.1) is 11.6 Å². The van der Waals surface area contributed by atoms with E-state index in [1.165, 1.54) is 6.07 Å². The van der Waals surface area contributed by atoms with Gasteiger partial charge in [0.05, 0.1) is 6.04 Å². The van der Waals surface area contributed by atoms with Gasteiger partial charge in [0, 0.05) is 17.5 Å². The summed E-state index contributed by atoms with van der Waals surface area (Å²) in [6.07, 6.45) is 2.08. The number of nitrogens with one attached hydrogen (secondary N) is 1. The molecule has 17 heavy (non-hydrogen) atoms. The zero-order chi connectivity index (χ0) is 12.3. The van der Waals surface area contributed by atoms with Crippen molar-refractivity contribution in [2.45, 2.75) is 25.8 Å². The number of anilines is 1. The van der Waals surface area contributed by atoms with Crippen molar-refractivity contribution in [2.24, 2.45) is 4.99 Å². The van der Waals surface area contributed by atoms with Crippen LogP contribution in [0.25, 0.3) is 0 Å². The van der Waals surface area contributed by atoms with E-state index in [1.807, 2.05) is 0 Å². The number of amidine groups is 1. The summed E-state index contributed by atoms with van der Waals surface area (Å²) in [5, 5.41) is 3.81. The third-order valence-electron chi connectivity index (χ3n) is 2.63. The molecule has 1 aliphatic rings. The normalized spacial score (nSPS) is 19.9. The maximum Gasteiger partial charge on any atom is 0.161 e. The van der Waals surface area contributed by atoms with Gasteiger partial charge in [-0.1, -0.05) is 18.7 Å². The van der Waals surface area contributed by atoms with E-state index in [4.69, 9.17) is 0 Å². The van der Waals surface area contributed by atoms with Crippen molar-refractivity contribution in [2.75, 3.05) is 11.1 Å². The van der Waals surface area contributed by atoms with Gasteiger partial charge in [-0.2, -0.15) is 0 Å². The highest BCUT2D eigenvalue weighted by molar-refractivity contribution is 8.14. The van der Waals surface area contributed by atoms with Crippen LogP contribution in [0.15, 0.2) is 23.2 Å². The Labute approximate surface area is 104 Å². The van der Waals surface area contributed by atoms with Crippen LogP contribution in [-0.4, -0.2) is 17.0 Å². The number of halogens is 2. The van der Waals surface area contributed by atoms with Gasteiger partial charge < -0.3 is 5.32 Å². The quantitative estimate of drug-likeness (QED) is 0.873. The van der Waals surface area contributed by atoms with Gasteiger partial charge in [-0.15, -0.1) is 0 Å². The van der Waals surface area contributed by atoms with Crippen LogP contribution in [0.5, 0.6) is 0 Å². The molecule has 2 rings (SSSR count). The van der Waals surface area contributed by atoms with Gasteiger partial charge in [0.1, 0.15) is 0 Å².